The molecule has 0 fully saturated rings. The van der Waals surface area contributed by atoms with Crippen molar-refractivity contribution in [1.82, 2.24) is 4.90 Å². The zero-order valence-corrected chi connectivity index (χ0v) is 9.55. The van der Waals surface area contributed by atoms with E-state index >= 15 is 0 Å². The minimum Gasteiger partial charge on any atom is -0.306 e. The van der Waals surface area contributed by atoms with Crippen LogP contribution in [0.3, 0.4) is 0 Å². The largest absolute Gasteiger partial charge is 0.306 e. The molecule has 0 bridgehead atoms. The van der Waals surface area contributed by atoms with E-state index in [1.807, 2.05) is 6.08 Å². The fourth-order valence-corrected chi connectivity index (χ4v) is 1.67. The number of rotatable bonds is 8. The van der Waals surface area contributed by atoms with E-state index in [9.17, 15) is 0 Å². The first-order chi connectivity index (χ1) is 6.22. The third-order valence-corrected chi connectivity index (χ3v) is 2.65. The minimum atomic E-state index is 0.781. The van der Waals surface area contributed by atoms with Crippen LogP contribution in [0.4, 0.5) is 0 Å². The first kappa shape index (κ1) is 12.7. The van der Waals surface area contributed by atoms with Gasteiger partial charge in [0.05, 0.1) is 0 Å². The molecule has 1 nitrogen and oxygen atoms in total. The van der Waals surface area contributed by atoms with Crippen LogP contribution in [0.5, 0.6) is 0 Å². The highest BCUT2D eigenvalue weighted by atomic mass is 15.1. The van der Waals surface area contributed by atoms with Crippen molar-refractivity contribution in [2.45, 2.75) is 51.5 Å². The fraction of sp³-hybridized carbons (Fsp3) is 0.833. The standard InChI is InChI=1S/C12H25N/c1-5-7-8-9-10-11-12(6-2)13(3)4/h5,12H,1,6-11H2,2-4H3. The van der Waals surface area contributed by atoms with Crippen LogP contribution in [-0.2, 0) is 0 Å². The first-order valence-electron chi connectivity index (χ1n) is 5.49. The average Bonchev–Trinajstić information content (AvgIpc) is 2.10. The van der Waals surface area contributed by atoms with Gasteiger partial charge in [-0.3, -0.25) is 0 Å². The van der Waals surface area contributed by atoms with Gasteiger partial charge in [-0.25, -0.2) is 0 Å². The summed E-state index contributed by atoms with van der Waals surface area (Å²) in [5.41, 5.74) is 0. The van der Waals surface area contributed by atoms with E-state index in [1.54, 1.807) is 0 Å². The predicted molar refractivity (Wildman–Crippen MR) is 61.0 cm³/mol. The van der Waals surface area contributed by atoms with Crippen LogP contribution in [-0.4, -0.2) is 25.0 Å². The van der Waals surface area contributed by atoms with Crippen LogP contribution in [0.2, 0.25) is 0 Å². The maximum Gasteiger partial charge on any atom is 0.00865 e. The van der Waals surface area contributed by atoms with Crippen molar-refractivity contribution in [3.63, 3.8) is 0 Å². The third kappa shape index (κ3) is 6.83. The van der Waals surface area contributed by atoms with E-state index in [1.165, 1.54) is 38.5 Å². The summed E-state index contributed by atoms with van der Waals surface area (Å²) in [6, 6.07) is 0.781. The summed E-state index contributed by atoms with van der Waals surface area (Å²) in [4.78, 5) is 2.34. The molecule has 0 saturated heterocycles. The Kier molecular flexibility index (Phi) is 8.11. The van der Waals surface area contributed by atoms with Crippen molar-refractivity contribution in [3.8, 4) is 0 Å². The summed E-state index contributed by atoms with van der Waals surface area (Å²) < 4.78 is 0. The van der Waals surface area contributed by atoms with Gasteiger partial charge in [-0.1, -0.05) is 25.8 Å². The quantitative estimate of drug-likeness (QED) is 0.411. The molecule has 1 unspecified atom stereocenters. The lowest BCUT2D eigenvalue weighted by atomic mass is 10.0. The van der Waals surface area contributed by atoms with Crippen LogP contribution in [0.15, 0.2) is 12.7 Å². The summed E-state index contributed by atoms with van der Waals surface area (Å²) in [6.07, 6.45) is 9.85. The molecule has 0 aliphatic rings. The van der Waals surface area contributed by atoms with Gasteiger partial charge in [0.25, 0.3) is 0 Å². The zero-order valence-electron chi connectivity index (χ0n) is 9.55. The van der Waals surface area contributed by atoms with Crippen molar-refractivity contribution in [2.24, 2.45) is 0 Å². The lowest BCUT2D eigenvalue weighted by Gasteiger charge is -2.22. The maximum absolute atomic E-state index is 3.73. The first-order valence-corrected chi connectivity index (χ1v) is 5.49. The second-order valence-electron chi connectivity index (χ2n) is 3.95. The lowest BCUT2D eigenvalue weighted by molar-refractivity contribution is 0.265. The van der Waals surface area contributed by atoms with Gasteiger partial charge in [0, 0.05) is 6.04 Å². The maximum atomic E-state index is 3.73. The summed E-state index contributed by atoms with van der Waals surface area (Å²) in [5, 5.41) is 0. The predicted octanol–water partition coefficient (Wildman–Crippen LogP) is 3.46. The van der Waals surface area contributed by atoms with E-state index in [-0.39, 0.29) is 0 Å². The fourth-order valence-electron chi connectivity index (χ4n) is 1.67. The highest BCUT2D eigenvalue weighted by molar-refractivity contribution is 4.67. The van der Waals surface area contributed by atoms with Crippen molar-refractivity contribution in [2.75, 3.05) is 14.1 Å². The Labute approximate surface area is 83.8 Å². The van der Waals surface area contributed by atoms with Gasteiger partial charge in [0.15, 0.2) is 0 Å². The van der Waals surface area contributed by atoms with Crippen LogP contribution in [0.1, 0.15) is 45.4 Å². The van der Waals surface area contributed by atoms with E-state index in [0.29, 0.717) is 0 Å². The zero-order chi connectivity index (χ0) is 10.1. The highest BCUT2D eigenvalue weighted by Crippen LogP contribution is 2.11. The molecule has 0 aromatic rings. The van der Waals surface area contributed by atoms with E-state index in [0.717, 1.165) is 6.04 Å². The molecule has 0 radical (unpaired) electrons. The molecule has 0 heterocycles. The molecular formula is C12H25N. The van der Waals surface area contributed by atoms with E-state index < -0.39 is 0 Å². The molecule has 0 rings (SSSR count). The lowest BCUT2D eigenvalue weighted by Crippen LogP contribution is -2.26. The van der Waals surface area contributed by atoms with Crippen molar-refractivity contribution >= 4 is 0 Å². The average molecular weight is 183 g/mol. The number of hydrogen-bond acceptors (Lipinski definition) is 1. The van der Waals surface area contributed by atoms with Crippen LogP contribution < -0.4 is 0 Å². The van der Waals surface area contributed by atoms with Crippen LogP contribution >= 0.6 is 0 Å². The summed E-state index contributed by atoms with van der Waals surface area (Å²) in [6.45, 7) is 6.00. The van der Waals surface area contributed by atoms with Crippen molar-refractivity contribution in [3.05, 3.63) is 12.7 Å². The smallest absolute Gasteiger partial charge is 0.00865 e. The van der Waals surface area contributed by atoms with Gasteiger partial charge in [0.1, 0.15) is 0 Å². The summed E-state index contributed by atoms with van der Waals surface area (Å²) >= 11 is 0. The molecule has 13 heavy (non-hydrogen) atoms. The molecule has 0 spiro atoms. The molecule has 0 aliphatic carbocycles. The van der Waals surface area contributed by atoms with Crippen LogP contribution in [0.25, 0.3) is 0 Å². The van der Waals surface area contributed by atoms with Crippen LogP contribution in [0, 0.1) is 0 Å². The van der Waals surface area contributed by atoms with Gasteiger partial charge < -0.3 is 4.90 Å². The van der Waals surface area contributed by atoms with Crippen molar-refractivity contribution in [1.29, 1.82) is 0 Å². The molecule has 1 atom stereocenters. The Morgan fingerprint density at radius 1 is 1.23 bits per heavy atom. The Morgan fingerprint density at radius 3 is 2.38 bits per heavy atom. The number of hydrogen-bond donors (Lipinski definition) is 0. The van der Waals surface area contributed by atoms with E-state index in [4.69, 9.17) is 0 Å². The number of allylic oxidation sites excluding steroid dienone is 1. The summed E-state index contributed by atoms with van der Waals surface area (Å²) in [7, 11) is 4.36. The minimum absolute atomic E-state index is 0.781. The Morgan fingerprint density at radius 2 is 1.92 bits per heavy atom. The molecule has 0 aliphatic heterocycles. The highest BCUT2D eigenvalue weighted by Gasteiger charge is 2.06. The number of nitrogens with zero attached hydrogens (tertiary/aromatic N) is 1. The van der Waals surface area contributed by atoms with Gasteiger partial charge in [0.2, 0.25) is 0 Å². The molecule has 0 N–H and O–H groups in total. The second kappa shape index (κ2) is 8.31. The van der Waals surface area contributed by atoms with E-state index in [2.05, 4.69) is 32.5 Å². The molecule has 0 aromatic heterocycles. The molecular weight excluding hydrogens is 158 g/mol. The monoisotopic (exact) mass is 183 g/mol. The topological polar surface area (TPSA) is 3.24 Å². The molecule has 0 aromatic carbocycles. The summed E-state index contributed by atoms with van der Waals surface area (Å²) in [5.74, 6) is 0. The Hall–Kier alpha value is -0.300. The van der Waals surface area contributed by atoms with Gasteiger partial charge in [-0.15, -0.1) is 6.58 Å². The normalized spacial score (nSPS) is 13.2. The second-order valence-corrected chi connectivity index (χ2v) is 3.95. The van der Waals surface area contributed by atoms with Crippen molar-refractivity contribution < 1.29 is 0 Å². The van der Waals surface area contributed by atoms with Gasteiger partial charge >= 0.3 is 0 Å². The Balaban J connectivity index is 3.33. The molecule has 0 saturated carbocycles. The van der Waals surface area contributed by atoms with Gasteiger partial charge in [-0.2, -0.15) is 0 Å². The SMILES string of the molecule is C=CCCCCCC(CC)N(C)C. The molecule has 1 heteroatoms. The third-order valence-electron chi connectivity index (χ3n) is 2.65. The Bertz CT molecular complexity index is 118. The number of unbranched alkanes of at least 4 members (excludes halogenated alkanes) is 3. The van der Waals surface area contributed by atoms with Gasteiger partial charge in [-0.05, 0) is 39.8 Å². The molecule has 78 valence electrons. The molecule has 0 amide bonds.